The van der Waals surface area contributed by atoms with Crippen molar-refractivity contribution in [2.24, 2.45) is 0 Å². The van der Waals surface area contributed by atoms with Crippen LogP contribution in [0.3, 0.4) is 0 Å². The minimum Gasteiger partial charge on any atom is -0.478 e. The number of hydrogen-bond donors (Lipinski definition) is 1. The monoisotopic (exact) mass is 390 g/mol. The average Bonchev–Trinajstić information content (AvgIpc) is 2.62. The molecule has 0 saturated carbocycles. The molecule has 0 saturated heterocycles. The number of ether oxygens (including phenoxy) is 1. The topological polar surface area (TPSA) is 150 Å². The van der Waals surface area contributed by atoms with Gasteiger partial charge in [0.05, 0.1) is 27.6 Å². The molecule has 2 aromatic carbocycles. The Balaban J connectivity index is 0.000000283. The molecule has 0 spiro atoms. The number of carboxylic acid groups (broad SMARTS) is 1. The van der Waals surface area contributed by atoms with Gasteiger partial charge in [0, 0.05) is 23.3 Å². The normalized spacial score (nSPS) is 9.68. The molecule has 10 nitrogen and oxygen atoms in total. The molecule has 0 fully saturated rings. The van der Waals surface area contributed by atoms with Crippen LogP contribution in [0.4, 0.5) is 11.4 Å². The number of carbonyl (C=O) groups excluding carboxylic acids is 1. The van der Waals surface area contributed by atoms with E-state index in [0.29, 0.717) is 11.1 Å². The van der Waals surface area contributed by atoms with Gasteiger partial charge in [0.2, 0.25) is 0 Å². The van der Waals surface area contributed by atoms with Crippen LogP contribution in [-0.4, -0.2) is 33.5 Å². The number of carbonyl (C=O) groups is 2. The molecule has 148 valence electrons. The molecule has 2 rings (SSSR count). The van der Waals surface area contributed by atoms with Crippen LogP contribution < -0.4 is 0 Å². The van der Waals surface area contributed by atoms with Gasteiger partial charge in [-0.25, -0.2) is 9.59 Å². The quantitative estimate of drug-likeness (QED) is 0.461. The predicted molar refractivity (Wildman–Crippen MR) is 98.6 cm³/mol. The lowest BCUT2D eigenvalue weighted by molar-refractivity contribution is -0.385. The second kappa shape index (κ2) is 9.76. The Morgan fingerprint density at radius 1 is 0.929 bits per heavy atom. The molecule has 0 atom stereocenters. The molecule has 0 unspecified atom stereocenters. The van der Waals surface area contributed by atoms with E-state index in [1.54, 1.807) is 20.8 Å². The fourth-order valence-corrected chi connectivity index (χ4v) is 2.09. The number of esters is 1. The fraction of sp³-hybridized carbons (Fsp3) is 0.222. The maximum Gasteiger partial charge on any atom is 0.338 e. The van der Waals surface area contributed by atoms with Gasteiger partial charge in [-0.1, -0.05) is 12.1 Å². The van der Waals surface area contributed by atoms with E-state index in [9.17, 15) is 29.8 Å². The molecule has 10 heteroatoms. The minimum absolute atomic E-state index is 0.0689. The van der Waals surface area contributed by atoms with Crippen molar-refractivity contribution in [2.45, 2.75) is 20.8 Å². The Bertz CT molecular complexity index is 924. The molecular weight excluding hydrogens is 372 g/mol. The van der Waals surface area contributed by atoms with Crippen molar-refractivity contribution in [3.63, 3.8) is 0 Å². The first-order chi connectivity index (χ1) is 13.1. The number of nitrogens with zero attached hydrogens (tertiary/aromatic N) is 2. The predicted octanol–water partition coefficient (Wildman–Crippen LogP) is 3.68. The molecule has 1 N–H and O–H groups in total. The Morgan fingerprint density at radius 2 is 1.36 bits per heavy atom. The maximum atomic E-state index is 11.3. The van der Waals surface area contributed by atoms with Crippen LogP contribution in [0.5, 0.6) is 0 Å². The molecule has 0 bridgehead atoms. The summed E-state index contributed by atoms with van der Waals surface area (Å²) >= 11 is 0. The first-order valence-electron chi connectivity index (χ1n) is 7.99. The standard InChI is InChI=1S/C10H11NO4.C8H7NO4/c1-3-15-10(12)8-5-4-7(2)9(6-8)11(13)14;1-5-2-3-6(8(10)11)4-7(5)9(12)13/h4-6H,3H2,1-2H3;2-4H,1H3,(H,10,11). The number of aromatic carboxylic acids is 1. The summed E-state index contributed by atoms with van der Waals surface area (Å²) in [7, 11) is 0. The van der Waals surface area contributed by atoms with Crippen molar-refractivity contribution in [3.05, 3.63) is 78.9 Å². The third kappa shape index (κ3) is 5.87. The Kier molecular flexibility index (Phi) is 7.75. The summed E-state index contributed by atoms with van der Waals surface area (Å²) in [5, 5.41) is 29.6. The zero-order valence-corrected chi connectivity index (χ0v) is 15.4. The third-order valence-corrected chi connectivity index (χ3v) is 3.57. The molecule has 0 radical (unpaired) electrons. The van der Waals surface area contributed by atoms with E-state index in [-0.39, 0.29) is 29.1 Å². The number of nitro groups is 2. The van der Waals surface area contributed by atoms with Gasteiger partial charge in [-0.2, -0.15) is 0 Å². The summed E-state index contributed by atoms with van der Waals surface area (Å²) in [5.41, 5.74) is 0.870. The van der Waals surface area contributed by atoms with E-state index in [2.05, 4.69) is 0 Å². The first kappa shape index (κ1) is 22.2. The van der Waals surface area contributed by atoms with Gasteiger partial charge < -0.3 is 9.84 Å². The van der Waals surface area contributed by atoms with Crippen LogP contribution in [0.25, 0.3) is 0 Å². The van der Waals surface area contributed by atoms with Crippen molar-refractivity contribution in [2.75, 3.05) is 6.61 Å². The zero-order chi connectivity index (χ0) is 21.4. The molecule has 0 aliphatic rings. The second-order valence-corrected chi connectivity index (χ2v) is 5.54. The van der Waals surface area contributed by atoms with Gasteiger partial charge in [-0.05, 0) is 32.9 Å². The van der Waals surface area contributed by atoms with Crippen molar-refractivity contribution in [3.8, 4) is 0 Å². The molecular formula is C18H18N2O8. The third-order valence-electron chi connectivity index (χ3n) is 3.57. The largest absolute Gasteiger partial charge is 0.478 e. The number of aryl methyl sites for hydroxylation is 2. The maximum absolute atomic E-state index is 11.3. The van der Waals surface area contributed by atoms with Crippen molar-refractivity contribution < 1.29 is 29.3 Å². The SMILES string of the molecule is CCOC(=O)c1ccc(C)c([N+](=O)[O-])c1.Cc1ccc(C(=O)O)cc1[N+](=O)[O-]. The Morgan fingerprint density at radius 3 is 1.75 bits per heavy atom. The van der Waals surface area contributed by atoms with E-state index in [4.69, 9.17) is 9.84 Å². The molecule has 0 amide bonds. The van der Waals surface area contributed by atoms with Crippen LogP contribution in [0, 0.1) is 34.1 Å². The van der Waals surface area contributed by atoms with Crippen molar-refractivity contribution in [1.29, 1.82) is 0 Å². The number of benzene rings is 2. The van der Waals surface area contributed by atoms with Crippen LogP contribution >= 0.6 is 0 Å². The lowest BCUT2D eigenvalue weighted by atomic mass is 10.1. The van der Waals surface area contributed by atoms with E-state index >= 15 is 0 Å². The van der Waals surface area contributed by atoms with Gasteiger partial charge in [0.1, 0.15) is 0 Å². The highest BCUT2D eigenvalue weighted by molar-refractivity contribution is 5.90. The minimum atomic E-state index is -1.16. The van der Waals surface area contributed by atoms with Crippen LogP contribution in [0.1, 0.15) is 38.8 Å². The van der Waals surface area contributed by atoms with E-state index in [1.165, 1.54) is 30.3 Å². The smallest absolute Gasteiger partial charge is 0.338 e. The number of nitro benzene ring substituents is 2. The highest BCUT2D eigenvalue weighted by Gasteiger charge is 2.15. The molecule has 0 aliphatic carbocycles. The number of rotatable bonds is 5. The van der Waals surface area contributed by atoms with Gasteiger partial charge in [-0.3, -0.25) is 20.2 Å². The Hall–Kier alpha value is -3.82. The molecule has 28 heavy (non-hydrogen) atoms. The lowest BCUT2D eigenvalue weighted by Crippen LogP contribution is -2.05. The summed E-state index contributed by atoms with van der Waals surface area (Å²) < 4.78 is 4.74. The molecule has 2 aromatic rings. The van der Waals surface area contributed by atoms with Crippen LogP contribution in [-0.2, 0) is 4.74 Å². The molecule has 0 aromatic heterocycles. The fourth-order valence-electron chi connectivity index (χ4n) is 2.09. The van der Waals surface area contributed by atoms with E-state index in [0.717, 1.165) is 6.07 Å². The highest BCUT2D eigenvalue weighted by atomic mass is 16.6. The summed E-state index contributed by atoms with van der Waals surface area (Å²) in [6.07, 6.45) is 0. The number of carboxylic acids is 1. The average molecular weight is 390 g/mol. The van der Waals surface area contributed by atoms with Gasteiger partial charge in [0.25, 0.3) is 11.4 Å². The molecule has 0 aliphatic heterocycles. The zero-order valence-electron chi connectivity index (χ0n) is 15.4. The summed E-state index contributed by atoms with van der Waals surface area (Å²) in [6.45, 7) is 5.11. The van der Waals surface area contributed by atoms with E-state index in [1.807, 2.05) is 0 Å². The number of hydrogen-bond acceptors (Lipinski definition) is 7. The summed E-state index contributed by atoms with van der Waals surface area (Å²) in [4.78, 5) is 41.7. The summed E-state index contributed by atoms with van der Waals surface area (Å²) in [6, 6.07) is 8.09. The lowest BCUT2D eigenvalue weighted by Gasteiger charge is -2.02. The second-order valence-electron chi connectivity index (χ2n) is 5.54. The Labute approximate surface area is 159 Å². The summed E-state index contributed by atoms with van der Waals surface area (Å²) in [5.74, 6) is -1.70. The van der Waals surface area contributed by atoms with E-state index < -0.39 is 21.8 Å². The van der Waals surface area contributed by atoms with Crippen LogP contribution in [0.15, 0.2) is 36.4 Å². The molecule has 0 heterocycles. The van der Waals surface area contributed by atoms with Crippen molar-refractivity contribution in [1.82, 2.24) is 0 Å². The van der Waals surface area contributed by atoms with Gasteiger partial charge >= 0.3 is 11.9 Å². The highest BCUT2D eigenvalue weighted by Crippen LogP contribution is 2.20. The van der Waals surface area contributed by atoms with Gasteiger partial charge in [-0.15, -0.1) is 0 Å². The first-order valence-corrected chi connectivity index (χ1v) is 7.99. The van der Waals surface area contributed by atoms with Crippen molar-refractivity contribution >= 4 is 23.3 Å². The van der Waals surface area contributed by atoms with Crippen LogP contribution in [0.2, 0.25) is 0 Å². The van der Waals surface area contributed by atoms with Gasteiger partial charge in [0.15, 0.2) is 0 Å².